The first-order chi connectivity index (χ1) is 13.7. The van der Waals surface area contributed by atoms with Gasteiger partial charge in [0.05, 0.1) is 16.9 Å². The van der Waals surface area contributed by atoms with E-state index in [0.29, 0.717) is 12.3 Å². The number of nitrogens with one attached hydrogen (secondary N) is 1. The number of epoxide rings is 1. The Morgan fingerprint density at radius 3 is 2.29 bits per heavy atom. The summed E-state index contributed by atoms with van der Waals surface area (Å²) in [7, 11) is 0. The van der Waals surface area contributed by atoms with Crippen LogP contribution in [0.25, 0.3) is 0 Å². The van der Waals surface area contributed by atoms with Crippen molar-refractivity contribution in [2.24, 2.45) is 0 Å². The number of hydrogen-bond acceptors (Lipinski definition) is 4. The predicted molar refractivity (Wildman–Crippen MR) is 108 cm³/mol. The molecule has 0 unspecified atom stereocenters. The number of anilines is 1. The standard InChI is InChI=1S/C23H26FN3O/c24-19-8-4-5-9-20(19)25-22(21-17-28-21)23(10-11-23)27-14-12-26(13-15-27)16-18-6-2-1-3-7-18/h1-9,25H,10-17H2/b22-21-. The highest BCUT2D eigenvalue weighted by molar-refractivity contribution is 5.55. The third kappa shape index (κ3) is 3.52. The molecule has 0 aromatic heterocycles. The highest BCUT2D eigenvalue weighted by Crippen LogP contribution is 2.51. The van der Waals surface area contributed by atoms with Gasteiger partial charge in [0.1, 0.15) is 12.4 Å². The highest BCUT2D eigenvalue weighted by atomic mass is 19.1. The van der Waals surface area contributed by atoms with Gasteiger partial charge in [-0.2, -0.15) is 0 Å². The summed E-state index contributed by atoms with van der Waals surface area (Å²) in [6.07, 6.45) is 2.21. The van der Waals surface area contributed by atoms with E-state index >= 15 is 0 Å². The Hall–Kier alpha value is -2.37. The number of para-hydroxylation sites is 1. The van der Waals surface area contributed by atoms with Crippen LogP contribution < -0.4 is 5.32 Å². The third-order valence-electron chi connectivity index (χ3n) is 6.12. The van der Waals surface area contributed by atoms with Crippen molar-refractivity contribution in [3.63, 3.8) is 0 Å². The van der Waals surface area contributed by atoms with Gasteiger partial charge in [0.2, 0.25) is 0 Å². The second kappa shape index (κ2) is 7.22. The molecule has 0 spiro atoms. The van der Waals surface area contributed by atoms with Gasteiger partial charge in [-0.25, -0.2) is 4.39 Å². The molecule has 5 rings (SSSR count). The van der Waals surface area contributed by atoms with E-state index in [1.165, 1.54) is 11.6 Å². The van der Waals surface area contributed by atoms with Crippen molar-refractivity contribution in [1.29, 1.82) is 0 Å². The van der Waals surface area contributed by atoms with E-state index in [1.54, 1.807) is 12.1 Å². The number of benzene rings is 2. The molecule has 2 aromatic rings. The Balaban J connectivity index is 1.27. The zero-order valence-corrected chi connectivity index (χ0v) is 16.0. The van der Waals surface area contributed by atoms with Crippen molar-refractivity contribution in [1.82, 2.24) is 9.80 Å². The Morgan fingerprint density at radius 1 is 0.964 bits per heavy atom. The van der Waals surface area contributed by atoms with Crippen LogP contribution in [0.15, 0.2) is 66.1 Å². The Bertz CT molecular complexity index is 864. The molecule has 2 heterocycles. The molecular formula is C23H26FN3O. The summed E-state index contributed by atoms with van der Waals surface area (Å²) < 4.78 is 19.8. The van der Waals surface area contributed by atoms with Crippen LogP contribution in [0.1, 0.15) is 18.4 Å². The first-order valence-corrected chi connectivity index (χ1v) is 10.1. The van der Waals surface area contributed by atoms with Crippen LogP contribution in [0.3, 0.4) is 0 Å². The van der Waals surface area contributed by atoms with Crippen molar-refractivity contribution in [3.8, 4) is 0 Å². The average molecular weight is 379 g/mol. The Labute approximate surface area is 165 Å². The van der Waals surface area contributed by atoms with Gasteiger partial charge in [0, 0.05) is 32.7 Å². The smallest absolute Gasteiger partial charge is 0.155 e. The van der Waals surface area contributed by atoms with Crippen LogP contribution in [0.5, 0.6) is 0 Å². The summed E-state index contributed by atoms with van der Waals surface area (Å²) in [5.41, 5.74) is 2.98. The molecule has 3 aliphatic rings. The lowest BCUT2D eigenvalue weighted by molar-refractivity contribution is 0.0942. The number of piperazine rings is 1. The number of hydrogen-bond donors (Lipinski definition) is 1. The second-order valence-corrected chi connectivity index (χ2v) is 7.97. The maximum Gasteiger partial charge on any atom is 0.155 e. The summed E-state index contributed by atoms with van der Waals surface area (Å²) in [6, 6.07) is 17.5. The molecule has 0 radical (unpaired) electrons. The van der Waals surface area contributed by atoms with E-state index in [1.807, 2.05) is 6.07 Å². The van der Waals surface area contributed by atoms with Gasteiger partial charge in [-0.05, 0) is 30.5 Å². The Morgan fingerprint density at radius 2 is 1.64 bits per heavy atom. The number of rotatable bonds is 6. The van der Waals surface area contributed by atoms with E-state index in [0.717, 1.165) is 57.0 Å². The summed E-state index contributed by atoms with van der Waals surface area (Å²) in [5.74, 6) is 0.775. The molecule has 0 bridgehead atoms. The highest BCUT2D eigenvalue weighted by Gasteiger charge is 2.54. The molecule has 2 saturated heterocycles. The molecule has 3 fully saturated rings. The van der Waals surface area contributed by atoms with Crippen molar-refractivity contribution < 1.29 is 9.13 Å². The SMILES string of the molecule is Fc1ccccc1N/C(=C1/CO1)C1(N2CCN(Cc3ccccc3)CC2)CC1. The van der Waals surface area contributed by atoms with Gasteiger partial charge in [-0.15, -0.1) is 0 Å². The van der Waals surface area contributed by atoms with Gasteiger partial charge < -0.3 is 10.1 Å². The van der Waals surface area contributed by atoms with E-state index in [4.69, 9.17) is 4.74 Å². The lowest BCUT2D eigenvalue weighted by Gasteiger charge is -2.40. The molecule has 4 nitrogen and oxygen atoms in total. The van der Waals surface area contributed by atoms with Crippen LogP contribution in [0.4, 0.5) is 10.1 Å². The fraction of sp³-hybridized carbons (Fsp3) is 0.391. The maximum absolute atomic E-state index is 14.2. The zero-order valence-electron chi connectivity index (χ0n) is 16.0. The minimum atomic E-state index is -0.218. The van der Waals surface area contributed by atoms with Crippen LogP contribution in [0, 0.1) is 5.82 Å². The topological polar surface area (TPSA) is 31.0 Å². The molecule has 146 valence electrons. The second-order valence-electron chi connectivity index (χ2n) is 7.97. The monoisotopic (exact) mass is 379 g/mol. The lowest BCUT2D eigenvalue weighted by atomic mass is 10.1. The summed E-state index contributed by atoms with van der Waals surface area (Å²) >= 11 is 0. The van der Waals surface area contributed by atoms with Crippen LogP contribution >= 0.6 is 0 Å². The number of nitrogens with zero attached hydrogens (tertiary/aromatic N) is 2. The van der Waals surface area contributed by atoms with Crippen molar-refractivity contribution in [2.75, 3.05) is 38.1 Å². The molecule has 5 heteroatoms. The minimum Gasteiger partial charge on any atom is -0.484 e. The number of ether oxygens (including phenoxy) is 1. The summed E-state index contributed by atoms with van der Waals surface area (Å²) in [4.78, 5) is 5.10. The quantitative estimate of drug-likeness (QED) is 0.773. The summed E-state index contributed by atoms with van der Waals surface area (Å²) in [6.45, 7) is 5.84. The zero-order chi connectivity index (χ0) is 19.0. The molecule has 1 N–H and O–H groups in total. The first kappa shape index (κ1) is 17.7. The predicted octanol–water partition coefficient (Wildman–Crippen LogP) is 3.83. The van der Waals surface area contributed by atoms with E-state index in [9.17, 15) is 4.39 Å². The van der Waals surface area contributed by atoms with Crippen molar-refractivity contribution in [3.05, 3.63) is 77.4 Å². The fourth-order valence-electron chi connectivity index (χ4n) is 4.34. The number of halogens is 1. The molecular weight excluding hydrogens is 353 g/mol. The molecule has 1 aliphatic carbocycles. The van der Waals surface area contributed by atoms with Gasteiger partial charge in [-0.1, -0.05) is 42.5 Å². The first-order valence-electron chi connectivity index (χ1n) is 10.1. The maximum atomic E-state index is 14.2. The van der Waals surface area contributed by atoms with E-state index in [-0.39, 0.29) is 11.4 Å². The lowest BCUT2D eigenvalue weighted by Crippen LogP contribution is -2.52. The molecule has 2 aromatic carbocycles. The van der Waals surface area contributed by atoms with Gasteiger partial charge in [0.25, 0.3) is 0 Å². The van der Waals surface area contributed by atoms with Gasteiger partial charge in [0.15, 0.2) is 5.76 Å². The van der Waals surface area contributed by atoms with Gasteiger partial charge in [-0.3, -0.25) is 9.80 Å². The van der Waals surface area contributed by atoms with Gasteiger partial charge >= 0.3 is 0 Å². The van der Waals surface area contributed by atoms with Crippen LogP contribution in [-0.2, 0) is 11.3 Å². The molecule has 0 atom stereocenters. The fourth-order valence-corrected chi connectivity index (χ4v) is 4.34. The van der Waals surface area contributed by atoms with E-state index in [2.05, 4.69) is 45.4 Å². The normalized spacial score (nSPS) is 23.0. The minimum absolute atomic E-state index is 0.00699. The van der Waals surface area contributed by atoms with Crippen molar-refractivity contribution >= 4 is 5.69 Å². The molecule has 2 aliphatic heterocycles. The molecule has 0 amide bonds. The largest absolute Gasteiger partial charge is 0.484 e. The van der Waals surface area contributed by atoms with Crippen molar-refractivity contribution in [2.45, 2.75) is 24.9 Å². The van der Waals surface area contributed by atoms with Crippen LogP contribution in [-0.4, -0.2) is 48.1 Å². The molecule has 1 saturated carbocycles. The molecule has 28 heavy (non-hydrogen) atoms. The average Bonchev–Trinajstić information content (AvgIpc) is 3.63. The summed E-state index contributed by atoms with van der Waals surface area (Å²) in [5, 5.41) is 3.38. The van der Waals surface area contributed by atoms with Crippen LogP contribution in [0.2, 0.25) is 0 Å². The van der Waals surface area contributed by atoms with E-state index < -0.39 is 0 Å². The third-order valence-corrected chi connectivity index (χ3v) is 6.12. The Kier molecular flexibility index (Phi) is 4.57.